The van der Waals surface area contributed by atoms with Gasteiger partial charge in [0, 0.05) is 32.7 Å². The van der Waals surface area contributed by atoms with Gasteiger partial charge in [0.05, 0.1) is 6.61 Å². The Labute approximate surface area is 193 Å². The molecule has 0 bridgehead atoms. The molecule has 4 rings (SSSR count). The van der Waals surface area contributed by atoms with Crippen LogP contribution >= 0.6 is 31.9 Å². The molecular formula is C24H22Br2N2O2. The quantitative estimate of drug-likeness (QED) is 0.394. The number of aromatic hydroxyl groups is 1. The van der Waals surface area contributed by atoms with Crippen molar-refractivity contribution in [3.63, 3.8) is 0 Å². The maximum absolute atomic E-state index is 10.8. The fraction of sp³-hybridized carbons (Fsp3) is 0.208. The standard InChI is InChI=1S/C24H22Br2N2O2/c1-2-30-22-5-3-4-19(23(22)29)21-14-20(15-6-10-17(25)11-7-15)27-24(28-21)16-8-12-18(26)13-9-16/h3-13,21,24,28-29H,2,14H2,1H3/t21-,24+/m1/s1. The molecule has 30 heavy (non-hydrogen) atoms. The van der Waals surface area contributed by atoms with Gasteiger partial charge < -0.3 is 9.84 Å². The number of hydrogen-bond acceptors (Lipinski definition) is 4. The molecule has 0 saturated heterocycles. The van der Waals surface area contributed by atoms with Gasteiger partial charge in [0.1, 0.15) is 6.17 Å². The van der Waals surface area contributed by atoms with E-state index in [9.17, 15) is 5.11 Å². The Balaban J connectivity index is 1.74. The number of nitrogens with zero attached hydrogens (tertiary/aromatic N) is 1. The Morgan fingerprint density at radius 2 is 1.67 bits per heavy atom. The Bertz CT molecular complexity index is 1050. The van der Waals surface area contributed by atoms with Crippen LogP contribution in [0.1, 0.15) is 42.2 Å². The monoisotopic (exact) mass is 528 g/mol. The van der Waals surface area contributed by atoms with Gasteiger partial charge in [0.25, 0.3) is 0 Å². The lowest BCUT2D eigenvalue weighted by molar-refractivity contribution is 0.313. The van der Waals surface area contributed by atoms with Crippen LogP contribution in [0.4, 0.5) is 0 Å². The van der Waals surface area contributed by atoms with E-state index in [1.807, 2.05) is 43.3 Å². The topological polar surface area (TPSA) is 53.8 Å². The predicted octanol–water partition coefficient (Wildman–Crippen LogP) is 6.54. The van der Waals surface area contributed by atoms with Gasteiger partial charge in [-0.3, -0.25) is 10.3 Å². The van der Waals surface area contributed by atoms with E-state index < -0.39 is 0 Å². The van der Waals surface area contributed by atoms with Crippen molar-refractivity contribution < 1.29 is 9.84 Å². The summed E-state index contributed by atoms with van der Waals surface area (Å²) < 4.78 is 7.66. The van der Waals surface area contributed by atoms with Crippen LogP contribution in [-0.4, -0.2) is 17.4 Å². The molecule has 6 heteroatoms. The minimum Gasteiger partial charge on any atom is -0.504 e. The van der Waals surface area contributed by atoms with Crippen LogP contribution in [0.25, 0.3) is 0 Å². The van der Waals surface area contributed by atoms with Crippen molar-refractivity contribution in [3.05, 3.63) is 92.4 Å². The normalized spacial score (nSPS) is 18.7. The molecule has 0 unspecified atom stereocenters. The Kier molecular flexibility index (Phi) is 6.56. The molecule has 0 aromatic heterocycles. The Hall–Kier alpha value is -2.15. The van der Waals surface area contributed by atoms with Crippen molar-refractivity contribution in [3.8, 4) is 11.5 Å². The second-order valence-electron chi connectivity index (χ2n) is 7.09. The molecule has 0 aliphatic carbocycles. The fourth-order valence-corrected chi connectivity index (χ4v) is 4.16. The highest BCUT2D eigenvalue weighted by Crippen LogP contribution is 2.39. The highest BCUT2D eigenvalue weighted by molar-refractivity contribution is 9.10. The third kappa shape index (κ3) is 4.61. The van der Waals surface area contributed by atoms with E-state index in [1.54, 1.807) is 6.07 Å². The number of benzene rings is 3. The molecule has 1 aliphatic rings. The van der Waals surface area contributed by atoms with Gasteiger partial charge in [0.2, 0.25) is 0 Å². The van der Waals surface area contributed by atoms with Gasteiger partial charge >= 0.3 is 0 Å². The number of para-hydroxylation sites is 1. The lowest BCUT2D eigenvalue weighted by Crippen LogP contribution is -2.33. The zero-order chi connectivity index (χ0) is 21.1. The molecule has 0 spiro atoms. The van der Waals surface area contributed by atoms with Crippen molar-refractivity contribution in [1.29, 1.82) is 0 Å². The van der Waals surface area contributed by atoms with Gasteiger partial charge in [-0.15, -0.1) is 0 Å². The average Bonchev–Trinajstić information content (AvgIpc) is 2.76. The molecule has 154 valence electrons. The third-order valence-electron chi connectivity index (χ3n) is 5.11. The molecule has 2 atom stereocenters. The van der Waals surface area contributed by atoms with Gasteiger partial charge in [0.15, 0.2) is 11.5 Å². The number of phenols is 1. The summed E-state index contributed by atoms with van der Waals surface area (Å²) in [4.78, 5) is 5.01. The Morgan fingerprint density at radius 3 is 2.33 bits per heavy atom. The first-order valence-corrected chi connectivity index (χ1v) is 11.4. The highest BCUT2D eigenvalue weighted by Gasteiger charge is 2.28. The molecule has 0 fully saturated rings. The zero-order valence-corrected chi connectivity index (χ0v) is 19.7. The maximum atomic E-state index is 10.8. The molecular weight excluding hydrogens is 508 g/mol. The summed E-state index contributed by atoms with van der Waals surface area (Å²) in [5.41, 5.74) is 3.96. The summed E-state index contributed by atoms with van der Waals surface area (Å²) >= 11 is 7.00. The van der Waals surface area contributed by atoms with Gasteiger partial charge in [-0.1, -0.05) is 68.3 Å². The second-order valence-corrected chi connectivity index (χ2v) is 8.92. The van der Waals surface area contributed by atoms with Crippen LogP contribution in [0.15, 0.2) is 80.7 Å². The minimum absolute atomic E-state index is 0.102. The van der Waals surface area contributed by atoms with E-state index in [2.05, 4.69) is 61.4 Å². The molecule has 1 aliphatic heterocycles. The molecule has 0 amide bonds. The zero-order valence-electron chi connectivity index (χ0n) is 16.5. The first-order chi connectivity index (χ1) is 14.5. The average molecular weight is 530 g/mol. The van der Waals surface area contributed by atoms with Crippen LogP contribution in [-0.2, 0) is 0 Å². The molecule has 3 aromatic carbocycles. The van der Waals surface area contributed by atoms with E-state index in [-0.39, 0.29) is 18.0 Å². The van der Waals surface area contributed by atoms with E-state index >= 15 is 0 Å². The molecule has 4 nitrogen and oxygen atoms in total. The van der Waals surface area contributed by atoms with Crippen molar-refractivity contribution in [2.24, 2.45) is 4.99 Å². The number of ether oxygens (including phenoxy) is 1. The lowest BCUT2D eigenvalue weighted by atomic mass is 9.93. The maximum Gasteiger partial charge on any atom is 0.162 e. The van der Waals surface area contributed by atoms with Crippen molar-refractivity contribution >= 4 is 37.6 Å². The first kappa shape index (κ1) is 21.1. The van der Waals surface area contributed by atoms with Gasteiger partial charge in [-0.25, -0.2) is 0 Å². The van der Waals surface area contributed by atoms with Gasteiger partial charge in [-0.2, -0.15) is 0 Å². The molecule has 1 heterocycles. The predicted molar refractivity (Wildman–Crippen MR) is 127 cm³/mol. The van der Waals surface area contributed by atoms with E-state index in [1.165, 1.54) is 0 Å². The number of aliphatic imine (C=N–C) groups is 1. The minimum atomic E-state index is -0.217. The summed E-state index contributed by atoms with van der Waals surface area (Å²) in [5, 5.41) is 14.4. The van der Waals surface area contributed by atoms with E-state index in [0.29, 0.717) is 18.8 Å². The summed E-state index contributed by atoms with van der Waals surface area (Å²) in [6.07, 6.45) is 0.447. The van der Waals surface area contributed by atoms with Crippen molar-refractivity contribution in [2.45, 2.75) is 25.6 Å². The first-order valence-electron chi connectivity index (χ1n) is 9.84. The largest absolute Gasteiger partial charge is 0.504 e. The lowest BCUT2D eigenvalue weighted by Gasteiger charge is -2.31. The smallest absolute Gasteiger partial charge is 0.162 e. The molecule has 0 saturated carbocycles. The van der Waals surface area contributed by atoms with Crippen LogP contribution in [0.2, 0.25) is 0 Å². The number of halogens is 2. The summed E-state index contributed by atoms with van der Waals surface area (Å²) in [6.45, 7) is 2.41. The van der Waals surface area contributed by atoms with Gasteiger partial charge in [-0.05, 0) is 48.4 Å². The van der Waals surface area contributed by atoms with E-state index in [4.69, 9.17) is 9.73 Å². The van der Waals surface area contributed by atoms with E-state index in [0.717, 1.165) is 31.3 Å². The van der Waals surface area contributed by atoms with Crippen LogP contribution in [0, 0.1) is 0 Å². The Morgan fingerprint density at radius 1 is 1.00 bits per heavy atom. The summed E-state index contributed by atoms with van der Waals surface area (Å²) in [5.74, 6) is 0.688. The number of rotatable bonds is 5. The van der Waals surface area contributed by atoms with Crippen LogP contribution in [0.5, 0.6) is 11.5 Å². The molecule has 2 N–H and O–H groups in total. The van der Waals surface area contributed by atoms with Crippen molar-refractivity contribution in [1.82, 2.24) is 5.32 Å². The van der Waals surface area contributed by atoms with Crippen LogP contribution in [0.3, 0.4) is 0 Å². The highest BCUT2D eigenvalue weighted by atomic mass is 79.9. The fourth-order valence-electron chi connectivity index (χ4n) is 3.63. The van der Waals surface area contributed by atoms with Crippen molar-refractivity contribution in [2.75, 3.05) is 6.61 Å². The third-order valence-corrected chi connectivity index (χ3v) is 6.17. The molecule has 0 radical (unpaired) electrons. The number of nitrogens with one attached hydrogen (secondary N) is 1. The summed E-state index contributed by atoms with van der Waals surface area (Å²) in [6, 6.07) is 21.9. The molecule has 3 aromatic rings. The number of phenolic OH excluding ortho intramolecular Hbond substituents is 1. The second kappa shape index (κ2) is 9.33. The SMILES string of the molecule is CCOc1cccc([C@H]2CC(c3ccc(Br)cc3)=N[C@H](c3ccc(Br)cc3)N2)c1O. The van der Waals surface area contributed by atoms with Crippen LogP contribution < -0.4 is 10.1 Å². The summed E-state index contributed by atoms with van der Waals surface area (Å²) in [7, 11) is 0. The number of hydrogen-bond donors (Lipinski definition) is 2.